The third kappa shape index (κ3) is 6.03. The minimum Gasteiger partial charge on any atom is -0.496 e. The first-order valence-electron chi connectivity index (χ1n) is 8.83. The van der Waals surface area contributed by atoms with Crippen LogP contribution in [0.15, 0.2) is 23.2 Å². The van der Waals surface area contributed by atoms with Crippen LogP contribution in [0.5, 0.6) is 5.75 Å². The summed E-state index contributed by atoms with van der Waals surface area (Å²) < 4.78 is 10.2. The number of carbonyl (C=O) groups is 1. The molecule has 1 aliphatic rings. The molecule has 0 saturated carbocycles. The van der Waals surface area contributed by atoms with Crippen LogP contribution in [-0.4, -0.2) is 50.7 Å². The number of methoxy groups -OCH3 is 2. The van der Waals surface area contributed by atoms with Crippen molar-refractivity contribution in [1.82, 2.24) is 10.2 Å². The molecule has 1 aromatic rings. The number of halogens is 1. The Bertz CT molecular complexity index is 614. The second-order valence-corrected chi connectivity index (χ2v) is 6.26. The van der Waals surface area contributed by atoms with Crippen molar-refractivity contribution in [2.24, 2.45) is 10.9 Å². The highest BCUT2D eigenvalue weighted by Gasteiger charge is 2.26. The number of hydrogen-bond donors (Lipinski definition) is 1. The van der Waals surface area contributed by atoms with Gasteiger partial charge < -0.3 is 19.7 Å². The summed E-state index contributed by atoms with van der Waals surface area (Å²) in [6.07, 6.45) is 1.61. The Morgan fingerprint density at radius 1 is 1.31 bits per heavy atom. The molecule has 0 unspecified atom stereocenters. The third-order valence-electron chi connectivity index (χ3n) is 4.53. The quantitative estimate of drug-likeness (QED) is 0.307. The molecular weight excluding hydrogens is 445 g/mol. The minimum atomic E-state index is -0.102. The van der Waals surface area contributed by atoms with Gasteiger partial charge in [-0.25, -0.2) is 4.99 Å². The van der Waals surface area contributed by atoms with Crippen LogP contribution in [0.1, 0.15) is 30.9 Å². The van der Waals surface area contributed by atoms with Gasteiger partial charge in [0.25, 0.3) is 0 Å². The molecule has 0 amide bonds. The molecule has 26 heavy (non-hydrogen) atoms. The van der Waals surface area contributed by atoms with Crippen molar-refractivity contribution in [3.8, 4) is 5.75 Å². The Labute approximate surface area is 173 Å². The molecule has 1 N–H and O–H groups in total. The van der Waals surface area contributed by atoms with Crippen molar-refractivity contribution in [1.29, 1.82) is 0 Å². The number of esters is 1. The van der Waals surface area contributed by atoms with Gasteiger partial charge in [0.15, 0.2) is 5.96 Å². The molecular formula is C19H30IN3O3. The van der Waals surface area contributed by atoms with Gasteiger partial charge in [-0.15, -0.1) is 24.0 Å². The summed E-state index contributed by atoms with van der Waals surface area (Å²) in [7, 11) is 3.14. The SMILES string of the molecule is CCNC(=NCc1ccc(OC)c(C)c1)N1CCC(C(=O)OC)CC1.I. The molecule has 0 bridgehead atoms. The van der Waals surface area contributed by atoms with E-state index < -0.39 is 0 Å². The Hall–Kier alpha value is -1.51. The molecule has 1 saturated heterocycles. The second kappa shape index (κ2) is 11.3. The molecule has 2 rings (SSSR count). The number of guanidine groups is 1. The first kappa shape index (κ1) is 22.5. The van der Waals surface area contributed by atoms with E-state index in [1.807, 2.05) is 19.1 Å². The molecule has 146 valence electrons. The van der Waals surface area contributed by atoms with Crippen LogP contribution in [0, 0.1) is 12.8 Å². The summed E-state index contributed by atoms with van der Waals surface area (Å²) in [5.74, 6) is 1.70. The first-order chi connectivity index (χ1) is 12.1. The fraction of sp³-hybridized carbons (Fsp3) is 0.579. The van der Waals surface area contributed by atoms with Gasteiger partial charge in [-0.2, -0.15) is 0 Å². The number of benzene rings is 1. The molecule has 1 heterocycles. The number of hydrogen-bond acceptors (Lipinski definition) is 4. The lowest BCUT2D eigenvalue weighted by Crippen LogP contribution is -2.46. The summed E-state index contributed by atoms with van der Waals surface area (Å²) in [4.78, 5) is 18.7. The monoisotopic (exact) mass is 475 g/mol. The highest BCUT2D eigenvalue weighted by molar-refractivity contribution is 14.0. The lowest BCUT2D eigenvalue weighted by atomic mass is 9.97. The Kier molecular flexibility index (Phi) is 9.75. The van der Waals surface area contributed by atoms with Gasteiger partial charge in [-0.3, -0.25) is 4.79 Å². The predicted octanol–water partition coefficient (Wildman–Crippen LogP) is 2.97. The zero-order chi connectivity index (χ0) is 18.2. The van der Waals surface area contributed by atoms with Crippen LogP contribution < -0.4 is 10.1 Å². The molecule has 0 spiro atoms. The van der Waals surface area contributed by atoms with E-state index in [2.05, 4.69) is 23.2 Å². The van der Waals surface area contributed by atoms with Gasteiger partial charge in [0.2, 0.25) is 0 Å². The van der Waals surface area contributed by atoms with Crippen LogP contribution in [0.2, 0.25) is 0 Å². The van der Waals surface area contributed by atoms with Crippen LogP contribution in [0.4, 0.5) is 0 Å². The largest absolute Gasteiger partial charge is 0.496 e. The molecule has 1 aliphatic heterocycles. The molecule has 0 aromatic heterocycles. The highest BCUT2D eigenvalue weighted by atomic mass is 127. The van der Waals surface area contributed by atoms with Crippen LogP contribution in [0.3, 0.4) is 0 Å². The zero-order valence-corrected chi connectivity index (χ0v) is 18.4. The maximum absolute atomic E-state index is 11.7. The average Bonchev–Trinajstić information content (AvgIpc) is 2.64. The van der Waals surface area contributed by atoms with Crippen LogP contribution in [0.25, 0.3) is 0 Å². The van der Waals surface area contributed by atoms with E-state index in [1.165, 1.54) is 7.11 Å². The number of aliphatic imine (C=N–C) groups is 1. The molecule has 1 fully saturated rings. The van der Waals surface area contributed by atoms with E-state index in [1.54, 1.807) is 7.11 Å². The summed E-state index contributed by atoms with van der Waals surface area (Å²) in [5.41, 5.74) is 2.26. The summed E-state index contributed by atoms with van der Waals surface area (Å²) in [6.45, 7) is 7.16. The number of likely N-dealkylation sites (tertiary alicyclic amines) is 1. The first-order valence-corrected chi connectivity index (χ1v) is 8.83. The van der Waals surface area contributed by atoms with Crippen molar-refractivity contribution in [3.05, 3.63) is 29.3 Å². The van der Waals surface area contributed by atoms with Crippen molar-refractivity contribution in [3.63, 3.8) is 0 Å². The highest BCUT2D eigenvalue weighted by Crippen LogP contribution is 2.20. The van der Waals surface area contributed by atoms with Crippen molar-refractivity contribution in [2.45, 2.75) is 33.2 Å². The van der Waals surface area contributed by atoms with E-state index in [-0.39, 0.29) is 35.9 Å². The molecule has 0 atom stereocenters. The number of nitrogens with zero attached hydrogens (tertiary/aromatic N) is 2. The maximum Gasteiger partial charge on any atom is 0.308 e. The van der Waals surface area contributed by atoms with Gasteiger partial charge in [0.05, 0.1) is 26.7 Å². The van der Waals surface area contributed by atoms with Crippen molar-refractivity contribution < 1.29 is 14.3 Å². The maximum atomic E-state index is 11.7. The molecule has 0 aliphatic carbocycles. The third-order valence-corrected chi connectivity index (χ3v) is 4.53. The number of piperidine rings is 1. The van der Waals surface area contributed by atoms with Crippen molar-refractivity contribution in [2.75, 3.05) is 33.9 Å². The number of rotatable bonds is 5. The van der Waals surface area contributed by atoms with E-state index in [0.717, 1.165) is 55.3 Å². The standard InChI is InChI=1S/C19H29N3O3.HI/c1-5-20-19(22-10-8-16(9-11-22)18(23)25-4)21-13-15-6-7-17(24-3)14(2)12-15;/h6-7,12,16H,5,8-11,13H2,1-4H3,(H,20,21);1H. The second-order valence-electron chi connectivity index (χ2n) is 6.26. The topological polar surface area (TPSA) is 63.2 Å². The van der Waals surface area contributed by atoms with Crippen LogP contribution >= 0.6 is 24.0 Å². The molecule has 7 heteroatoms. The zero-order valence-electron chi connectivity index (χ0n) is 16.1. The number of aryl methyl sites for hydroxylation is 1. The Morgan fingerprint density at radius 2 is 2.00 bits per heavy atom. The fourth-order valence-electron chi connectivity index (χ4n) is 3.12. The Balaban J connectivity index is 0.00000338. The predicted molar refractivity (Wildman–Crippen MR) is 114 cm³/mol. The minimum absolute atomic E-state index is 0. The summed E-state index contributed by atoms with van der Waals surface area (Å²) in [5, 5.41) is 3.35. The fourth-order valence-corrected chi connectivity index (χ4v) is 3.12. The lowest BCUT2D eigenvalue weighted by molar-refractivity contribution is -0.146. The number of nitrogens with one attached hydrogen (secondary N) is 1. The van der Waals surface area contributed by atoms with Gasteiger partial charge in [-0.05, 0) is 43.9 Å². The summed E-state index contributed by atoms with van der Waals surface area (Å²) >= 11 is 0. The van der Waals surface area contributed by atoms with E-state index in [9.17, 15) is 4.79 Å². The number of ether oxygens (including phenoxy) is 2. The Morgan fingerprint density at radius 3 is 2.54 bits per heavy atom. The summed E-state index contributed by atoms with van der Waals surface area (Å²) in [6, 6.07) is 6.13. The van der Waals surface area contributed by atoms with Crippen molar-refractivity contribution >= 4 is 35.9 Å². The van der Waals surface area contributed by atoms with E-state index >= 15 is 0 Å². The number of carbonyl (C=O) groups excluding carboxylic acids is 1. The molecule has 1 aromatic carbocycles. The van der Waals surface area contributed by atoms with E-state index in [0.29, 0.717) is 6.54 Å². The van der Waals surface area contributed by atoms with Crippen LogP contribution in [-0.2, 0) is 16.1 Å². The van der Waals surface area contributed by atoms with Gasteiger partial charge in [-0.1, -0.05) is 12.1 Å². The van der Waals surface area contributed by atoms with Gasteiger partial charge in [0, 0.05) is 19.6 Å². The average molecular weight is 475 g/mol. The smallest absolute Gasteiger partial charge is 0.308 e. The van der Waals surface area contributed by atoms with Gasteiger partial charge >= 0.3 is 5.97 Å². The normalized spacial score (nSPS) is 15.2. The molecule has 6 nitrogen and oxygen atoms in total. The van der Waals surface area contributed by atoms with Gasteiger partial charge in [0.1, 0.15) is 5.75 Å². The van der Waals surface area contributed by atoms with E-state index in [4.69, 9.17) is 14.5 Å². The molecule has 0 radical (unpaired) electrons. The lowest BCUT2D eigenvalue weighted by Gasteiger charge is -2.33.